The summed E-state index contributed by atoms with van der Waals surface area (Å²) in [6.07, 6.45) is 7.11. The normalized spacial score (nSPS) is 20.3. The minimum Gasteiger partial charge on any atom is -0.0648 e. The van der Waals surface area contributed by atoms with Crippen molar-refractivity contribution >= 4 is 5.57 Å². The first-order valence-electron chi connectivity index (χ1n) is 6.99. The molecule has 1 aromatic rings. The quantitative estimate of drug-likeness (QED) is 0.642. The van der Waals surface area contributed by atoms with Crippen LogP contribution in [0.15, 0.2) is 48.1 Å². The second kappa shape index (κ2) is 5.14. The van der Waals surface area contributed by atoms with E-state index in [0.717, 1.165) is 0 Å². The van der Waals surface area contributed by atoms with Crippen molar-refractivity contribution in [1.29, 1.82) is 0 Å². The van der Waals surface area contributed by atoms with E-state index >= 15 is 0 Å². The molecule has 0 saturated carbocycles. The van der Waals surface area contributed by atoms with E-state index in [4.69, 9.17) is 0 Å². The fraction of sp³-hybridized carbons (Fsp3) is 0.444. The van der Waals surface area contributed by atoms with Gasteiger partial charge in [0.2, 0.25) is 0 Å². The van der Waals surface area contributed by atoms with Gasteiger partial charge in [-0.05, 0) is 35.3 Å². The molecule has 0 bridgehead atoms. The van der Waals surface area contributed by atoms with Gasteiger partial charge in [0.05, 0.1) is 0 Å². The van der Waals surface area contributed by atoms with Gasteiger partial charge in [0.25, 0.3) is 0 Å². The van der Waals surface area contributed by atoms with Crippen molar-refractivity contribution < 1.29 is 0 Å². The van der Waals surface area contributed by atoms with E-state index in [1.54, 1.807) is 5.57 Å². The summed E-state index contributed by atoms with van der Waals surface area (Å²) in [5.41, 5.74) is 4.76. The molecule has 0 aromatic heterocycles. The molecule has 1 unspecified atom stereocenters. The van der Waals surface area contributed by atoms with E-state index in [0.29, 0.717) is 11.3 Å². The maximum atomic E-state index is 2.34. The van der Waals surface area contributed by atoms with Crippen molar-refractivity contribution in [3.63, 3.8) is 0 Å². The molecule has 0 aliphatic heterocycles. The average molecular weight is 240 g/mol. The molecule has 0 saturated heterocycles. The standard InChI is InChI=1S/C18H24/c1-5-14-13-16(18(2,3)4)11-12-17(14)15-9-7-6-8-10-15/h6-12,14H,5,13H2,1-4H3. The Kier molecular flexibility index (Phi) is 3.75. The van der Waals surface area contributed by atoms with E-state index in [-0.39, 0.29) is 0 Å². The molecule has 0 nitrogen and oxygen atoms in total. The highest BCUT2D eigenvalue weighted by Gasteiger charge is 2.25. The summed E-state index contributed by atoms with van der Waals surface area (Å²) in [6, 6.07) is 10.8. The average Bonchev–Trinajstić information content (AvgIpc) is 2.38. The lowest BCUT2D eigenvalue weighted by Gasteiger charge is -2.31. The van der Waals surface area contributed by atoms with Crippen LogP contribution in [0.3, 0.4) is 0 Å². The van der Waals surface area contributed by atoms with Gasteiger partial charge in [-0.3, -0.25) is 0 Å². The van der Waals surface area contributed by atoms with E-state index in [1.165, 1.54) is 24.0 Å². The molecule has 0 heteroatoms. The van der Waals surface area contributed by atoms with Crippen molar-refractivity contribution in [3.8, 4) is 0 Å². The summed E-state index contributed by atoms with van der Waals surface area (Å²) in [6.45, 7) is 9.24. The molecule has 1 aliphatic rings. The molecule has 0 N–H and O–H groups in total. The predicted octanol–water partition coefficient (Wildman–Crippen LogP) is 5.47. The maximum absolute atomic E-state index is 2.34. The van der Waals surface area contributed by atoms with Gasteiger partial charge in [-0.1, -0.05) is 75.8 Å². The molecular weight excluding hydrogens is 216 g/mol. The number of benzene rings is 1. The largest absolute Gasteiger partial charge is 0.0648 e. The third kappa shape index (κ3) is 2.75. The van der Waals surface area contributed by atoms with E-state index in [2.05, 4.69) is 70.2 Å². The fourth-order valence-electron chi connectivity index (χ4n) is 2.65. The zero-order valence-corrected chi connectivity index (χ0v) is 12.0. The van der Waals surface area contributed by atoms with Crippen molar-refractivity contribution in [3.05, 3.63) is 53.6 Å². The summed E-state index contributed by atoms with van der Waals surface area (Å²) in [7, 11) is 0. The number of hydrogen-bond donors (Lipinski definition) is 0. The first kappa shape index (κ1) is 13.1. The highest BCUT2D eigenvalue weighted by Crippen LogP contribution is 2.40. The third-order valence-electron chi connectivity index (χ3n) is 3.93. The fourth-order valence-corrected chi connectivity index (χ4v) is 2.65. The highest BCUT2D eigenvalue weighted by atomic mass is 14.3. The van der Waals surface area contributed by atoms with Crippen LogP contribution < -0.4 is 0 Å². The smallest absolute Gasteiger partial charge is 0.0121 e. The van der Waals surface area contributed by atoms with Gasteiger partial charge in [0.1, 0.15) is 0 Å². The number of rotatable bonds is 2. The molecule has 1 aromatic carbocycles. The van der Waals surface area contributed by atoms with Gasteiger partial charge in [-0.15, -0.1) is 0 Å². The van der Waals surface area contributed by atoms with Crippen LogP contribution in [0.25, 0.3) is 5.57 Å². The summed E-state index contributed by atoms with van der Waals surface area (Å²) in [5.74, 6) is 0.673. The van der Waals surface area contributed by atoms with Crippen LogP contribution in [-0.2, 0) is 0 Å². The van der Waals surface area contributed by atoms with E-state index in [1.807, 2.05) is 0 Å². The lowest BCUT2D eigenvalue weighted by atomic mass is 9.74. The molecule has 96 valence electrons. The molecule has 0 heterocycles. The number of hydrogen-bond acceptors (Lipinski definition) is 0. The highest BCUT2D eigenvalue weighted by molar-refractivity contribution is 5.70. The summed E-state index contributed by atoms with van der Waals surface area (Å²) < 4.78 is 0. The Hall–Kier alpha value is -1.30. The predicted molar refractivity (Wildman–Crippen MR) is 80.4 cm³/mol. The van der Waals surface area contributed by atoms with Gasteiger partial charge in [0.15, 0.2) is 0 Å². The minimum atomic E-state index is 0.298. The molecule has 0 spiro atoms. The molecule has 2 rings (SSSR count). The van der Waals surface area contributed by atoms with Crippen LogP contribution in [-0.4, -0.2) is 0 Å². The van der Waals surface area contributed by atoms with Crippen LogP contribution in [0.4, 0.5) is 0 Å². The van der Waals surface area contributed by atoms with Crippen molar-refractivity contribution in [2.24, 2.45) is 11.3 Å². The van der Waals surface area contributed by atoms with Crippen LogP contribution in [0.5, 0.6) is 0 Å². The van der Waals surface area contributed by atoms with Gasteiger partial charge in [-0.2, -0.15) is 0 Å². The lowest BCUT2D eigenvalue weighted by molar-refractivity contribution is 0.453. The summed E-state index contributed by atoms with van der Waals surface area (Å²) >= 11 is 0. The number of allylic oxidation sites excluding steroid dienone is 4. The molecule has 0 fully saturated rings. The second-order valence-electron chi connectivity index (χ2n) is 6.24. The zero-order valence-electron chi connectivity index (χ0n) is 12.0. The topological polar surface area (TPSA) is 0 Å². The Bertz CT molecular complexity index is 455. The van der Waals surface area contributed by atoms with Gasteiger partial charge in [0, 0.05) is 0 Å². The third-order valence-corrected chi connectivity index (χ3v) is 3.93. The Balaban J connectivity index is 2.36. The van der Waals surface area contributed by atoms with Crippen LogP contribution in [0.1, 0.15) is 46.1 Å². The van der Waals surface area contributed by atoms with Gasteiger partial charge >= 0.3 is 0 Å². The van der Waals surface area contributed by atoms with Gasteiger partial charge < -0.3 is 0 Å². The van der Waals surface area contributed by atoms with Crippen molar-refractivity contribution in [2.75, 3.05) is 0 Å². The van der Waals surface area contributed by atoms with Crippen molar-refractivity contribution in [2.45, 2.75) is 40.5 Å². The Morgan fingerprint density at radius 3 is 2.28 bits per heavy atom. The zero-order chi connectivity index (χ0) is 13.2. The molecule has 18 heavy (non-hydrogen) atoms. The Morgan fingerprint density at radius 2 is 1.72 bits per heavy atom. The van der Waals surface area contributed by atoms with Crippen molar-refractivity contribution in [1.82, 2.24) is 0 Å². The first-order chi connectivity index (χ1) is 8.52. The Labute approximate surface area is 111 Å². The molecule has 0 amide bonds. The van der Waals surface area contributed by atoms with Crippen LogP contribution >= 0.6 is 0 Å². The van der Waals surface area contributed by atoms with Gasteiger partial charge in [-0.25, -0.2) is 0 Å². The monoisotopic (exact) mass is 240 g/mol. The SMILES string of the molecule is CCC1CC(C(C)(C)C)=CC=C1c1ccccc1. The lowest BCUT2D eigenvalue weighted by Crippen LogP contribution is -2.16. The first-order valence-corrected chi connectivity index (χ1v) is 6.99. The second-order valence-corrected chi connectivity index (χ2v) is 6.24. The van der Waals surface area contributed by atoms with E-state index < -0.39 is 0 Å². The molecule has 0 radical (unpaired) electrons. The molecule has 1 aliphatic carbocycles. The minimum absolute atomic E-state index is 0.298. The van der Waals surface area contributed by atoms with Crippen LogP contribution in [0.2, 0.25) is 0 Å². The molecular formula is C18H24. The summed E-state index contributed by atoms with van der Waals surface area (Å²) in [4.78, 5) is 0. The van der Waals surface area contributed by atoms with E-state index in [9.17, 15) is 0 Å². The van der Waals surface area contributed by atoms with Crippen LogP contribution in [0, 0.1) is 11.3 Å². The Morgan fingerprint density at radius 1 is 1.06 bits per heavy atom. The maximum Gasteiger partial charge on any atom is -0.0121 e. The molecule has 1 atom stereocenters. The summed E-state index contributed by atoms with van der Waals surface area (Å²) in [5, 5.41) is 0.